The molecule has 34 heavy (non-hydrogen) atoms. The fourth-order valence-electron chi connectivity index (χ4n) is 6.14. The van der Waals surface area contributed by atoms with E-state index in [1.807, 2.05) is 31.2 Å². The molecule has 0 heterocycles. The van der Waals surface area contributed by atoms with E-state index in [1.165, 1.54) is 19.4 Å². The van der Waals surface area contributed by atoms with Crippen molar-refractivity contribution in [3.05, 3.63) is 47.0 Å². The highest BCUT2D eigenvalue weighted by atomic mass is 19.3. The quantitative estimate of drug-likeness (QED) is 0.152. The lowest BCUT2D eigenvalue weighted by Crippen LogP contribution is -2.42. The molecule has 0 amide bonds. The van der Waals surface area contributed by atoms with Crippen LogP contribution in [-0.2, 0) is 0 Å². The molecular formula is C27H42F2N4O. The molecule has 0 bridgehead atoms. The van der Waals surface area contributed by atoms with Gasteiger partial charge < -0.3 is 10.9 Å². The molecule has 3 unspecified atom stereocenters. The summed E-state index contributed by atoms with van der Waals surface area (Å²) in [5.74, 6) is 10.4. The van der Waals surface area contributed by atoms with E-state index in [2.05, 4.69) is 18.1 Å². The number of alkyl halides is 2. The standard InChI is InChI=1S/C27H42F2N4O/c1-19-8-5-9-21(18-19)24(32-30)33(31)17-14-20-10-6-15-26(4)22(12-13-23(20)26)11-7-16-27(28,29)25(2,3)34/h5,8-9,14,18,22-23,34H,6-7,10-13,15-17,30-31H2,1-4H3/b20-14+,32-24-. The smallest absolute Gasteiger partial charge is 0.275 e. The van der Waals surface area contributed by atoms with Crippen LogP contribution < -0.4 is 11.7 Å². The lowest BCUT2D eigenvalue weighted by molar-refractivity contribution is -0.166. The number of hydrogen-bond donors (Lipinski definition) is 3. The van der Waals surface area contributed by atoms with Gasteiger partial charge in [0.1, 0.15) is 5.60 Å². The second-order valence-corrected chi connectivity index (χ2v) is 11.1. The summed E-state index contributed by atoms with van der Waals surface area (Å²) in [5, 5.41) is 15.3. The molecule has 7 heteroatoms. The fraction of sp³-hybridized carbons (Fsp3) is 0.667. The van der Waals surface area contributed by atoms with Gasteiger partial charge in [-0.3, -0.25) is 5.01 Å². The molecule has 5 N–H and O–H groups in total. The SMILES string of the molecule is Cc1cccc(/C(=N/N)N(N)C/C=C2\CCCC3(C)C(CCCC(F)(F)C(C)(C)O)CCC23)c1. The Balaban J connectivity index is 1.64. The van der Waals surface area contributed by atoms with E-state index >= 15 is 0 Å². The Hall–Kier alpha value is -1.99. The van der Waals surface area contributed by atoms with E-state index in [9.17, 15) is 13.9 Å². The summed E-state index contributed by atoms with van der Waals surface area (Å²) >= 11 is 0. The molecule has 5 nitrogen and oxygen atoms in total. The maximum absolute atomic E-state index is 14.2. The summed E-state index contributed by atoms with van der Waals surface area (Å²) in [6.07, 6.45) is 8.64. The van der Waals surface area contributed by atoms with Crippen LogP contribution in [0.3, 0.4) is 0 Å². The van der Waals surface area contributed by atoms with Gasteiger partial charge in [-0.15, -0.1) is 0 Å². The minimum absolute atomic E-state index is 0.134. The molecule has 3 rings (SSSR count). The van der Waals surface area contributed by atoms with E-state index in [1.54, 1.807) is 5.01 Å². The Labute approximate surface area is 203 Å². The van der Waals surface area contributed by atoms with Crippen LogP contribution in [0.25, 0.3) is 0 Å². The van der Waals surface area contributed by atoms with E-state index in [-0.39, 0.29) is 11.8 Å². The van der Waals surface area contributed by atoms with E-state index in [0.717, 1.165) is 49.7 Å². The number of nitrogens with two attached hydrogens (primary N) is 2. The van der Waals surface area contributed by atoms with Crippen LogP contribution in [0.1, 0.15) is 83.3 Å². The van der Waals surface area contributed by atoms with Crippen LogP contribution in [0, 0.1) is 24.2 Å². The first-order chi connectivity index (χ1) is 15.9. The summed E-state index contributed by atoms with van der Waals surface area (Å²) in [6.45, 7) is 7.27. The van der Waals surface area contributed by atoms with Gasteiger partial charge in [0.05, 0.1) is 6.54 Å². The van der Waals surface area contributed by atoms with Gasteiger partial charge in [-0.1, -0.05) is 42.3 Å². The normalized spacial score (nSPS) is 27.2. The number of aliphatic hydroxyl groups is 1. The number of halogens is 2. The number of nitrogens with zero attached hydrogens (tertiary/aromatic N) is 2. The van der Waals surface area contributed by atoms with E-state index < -0.39 is 11.5 Å². The number of hydrazine groups is 1. The second kappa shape index (κ2) is 10.3. The van der Waals surface area contributed by atoms with Gasteiger partial charge in [-0.05, 0) is 89.0 Å². The Kier molecular flexibility index (Phi) is 8.08. The highest BCUT2D eigenvalue weighted by molar-refractivity contribution is 5.98. The van der Waals surface area contributed by atoms with Crippen LogP contribution in [0.4, 0.5) is 8.78 Å². The summed E-state index contributed by atoms with van der Waals surface area (Å²) in [7, 11) is 0. The molecule has 0 spiro atoms. The van der Waals surface area contributed by atoms with Gasteiger partial charge in [0, 0.05) is 12.0 Å². The molecule has 0 aromatic heterocycles. The van der Waals surface area contributed by atoms with Gasteiger partial charge in [-0.25, -0.2) is 14.6 Å². The largest absolute Gasteiger partial charge is 0.384 e. The van der Waals surface area contributed by atoms with Crippen molar-refractivity contribution in [1.82, 2.24) is 5.01 Å². The zero-order chi connectivity index (χ0) is 25.1. The van der Waals surface area contributed by atoms with Crippen molar-refractivity contribution < 1.29 is 13.9 Å². The number of amidine groups is 1. The molecule has 0 saturated heterocycles. The zero-order valence-electron chi connectivity index (χ0n) is 21.2. The van der Waals surface area contributed by atoms with Gasteiger partial charge in [0.15, 0.2) is 5.84 Å². The monoisotopic (exact) mass is 476 g/mol. The fourth-order valence-corrected chi connectivity index (χ4v) is 6.14. The predicted octanol–water partition coefficient (Wildman–Crippen LogP) is 5.51. The van der Waals surface area contributed by atoms with Crippen molar-refractivity contribution in [2.45, 2.75) is 90.6 Å². The van der Waals surface area contributed by atoms with Crippen LogP contribution in [-0.4, -0.2) is 34.0 Å². The molecule has 0 aliphatic heterocycles. The third kappa shape index (κ3) is 5.62. The van der Waals surface area contributed by atoms with Crippen molar-refractivity contribution in [2.24, 2.45) is 34.0 Å². The molecule has 2 saturated carbocycles. The third-order valence-electron chi connectivity index (χ3n) is 8.32. The van der Waals surface area contributed by atoms with Gasteiger partial charge in [0.25, 0.3) is 5.92 Å². The first kappa shape index (κ1) is 26.6. The predicted molar refractivity (Wildman–Crippen MR) is 134 cm³/mol. The molecule has 2 fully saturated rings. The van der Waals surface area contributed by atoms with Crippen molar-refractivity contribution in [2.75, 3.05) is 6.54 Å². The highest BCUT2D eigenvalue weighted by Crippen LogP contribution is 2.58. The first-order valence-corrected chi connectivity index (χ1v) is 12.6. The van der Waals surface area contributed by atoms with Crippen LogP contribution in [0.5, 0.6) is 0 Å². The minimum Gasteiger partial charge on any atom is -0.384 e. The third-order valence-corrected chi connectivity index (χ3v) is 8.32. The number of benzene rings is 1. The molecule has 1 aromatic carbocycles. The average Bonchev–Trinajstić information content (AvgIpc) is 3.08. The lowest BCUT2D eigenvalue weighted by Gasteiger charge is -2.43. The lowest BCUT2D eigenvalue weighted by atomic mass is 9.62. The van der Waals surface area contributed by atoms with Gasteiger partial charge >= 0.3 is 0 Å². The van der Waals surface area contributed by atoms with Gasteiger partial charge in [-0.2, -0.15) is 5.10 Å². The van der Waals surface area contributed by atoms with E-state index in [0.29, 0.717) is 30.6 Å². The maximum Gasteiger partial charge on any atom is 0.275 e. The van der Waals surface area contributed by atoms with Crippen LogP contribution in [0.15, 0.2) is 41.0 Å². The maximum atomic E-state index is 14.2. The number of fused-ring (bicyclic) bond motifs is 1. The van der Waals surface area contributed by atoms with Crippen molar-refractivity contribution in [1.29, 1.82) is 0 Å². The molecule has 2 aliphatic rings. The number of rotatable bonds is 8. The Morgan fingerprint density at radius 1 is 1.32 bits per heavy atom. The Morgan fingerprint density at radius 3 is 2.71 bits per heavy atom. The number of allylic oxidation sites excluding steroid dienone is 1. The van der Waals surface area contributed by atoms with Crippen LogP contribution in [0.2, 0.25) is 0 Å². The van der Waals surface area contributed by atoms with Crippen molar-refractivity contribution in [3.63, 3.8) is 0 Å². The molecule has 0 radical (unpaired) electrons. The second-order valence-electron chi connectivity index (χ2n) is 11.1. The summed E-state index contributed by atoms with van der Waals surface area (Å²) < 4.78 is 28.4. The zero-order valence-corrected chi connectivity index (χ0v) is 21.2. The summed E-state index contributed by atoms with van der Waals surface area (Å²) in [5.41, 5.74) is 1.59. The number of aryl methyl sites for hydroxylation is 1. The van der Waals surface area contributed by atoms with Crippen molar-refractivity contribution in [3.8, 4) is 0 Å². The summed E-state index contributed by atoms with van der Waals surface area (Å²) in [4.78, 5) is 0. The molecule has 1 aromatic rings. The minimum atomic E-state index is -3.06. The Bertz CT molecular complexity index is 908. The van der Waals surface area contributed by atoms with Gasteiger partial charge in [0.2, 0.25) is 0 Å². The summed E-state index contributed by atoms with van der Waals surface area (Å²) in [6, 6.07) is 7.95. The molecule has 190 valence electrons. The first-order valence-electron chi connectivity index (χ1n) is 12.6. The highest BCUT2D eigenvalue weighted by Gasteiger charge is 2.49. The van der Waals surface area contributed by atoms with E-state index in [4.69, 9.17) is 11.7 Å². The molecule has 3 atom stereocenters. The Morgan fingerprint density at radius 2 is 2.06 bits per heavy atom. The number of hydrogen-bond acceptors (Lipinski definition) is 4. The average molecular weight is 477 g/mol. The van der Waals surface area contributed by atoms with Crippen molar-refractivity contribution >= 4 is 5.84 Å². The number of hydrazone groups is 1. The molecule has 2 aliphatic carbocycles. The topological polar surface area (TPSA) is 87.9 Å². The molecular weight excluding hydrogens is 434 g/mol. The van der Waals surface area contributed by atoms with Crippen LogP contribution >= 0.6 is 0 Å².